The van der Waals surface area contributed by atoms with Crippen LogP contribution in [0, 0.1) is 0 Å². The molecule has 3 aromatic rings. The highest BCUT2D eigenvalue weighted by atomic mass is 19.4. The molecule has 0 atom stereocenters. The standard InChI is InChI=1S/C27H26F3N3O3/c1-36-24-12-8-19(9-13-24)16-25(34)31-22-4-2-5-23(17-22)33-15-3-14-32(26(33)35)18-20-6-10-21(11-7-20)27(28,29)30/h2,4-13,17H,3,14-16,18H2,1H3,(H,31,34). The van der Waals surface area contributed by atoms with E-state index in [1.165, 1.54) is 12.1 Å². The summed E-state index contributed by atoms with van der Waals surface area (Å²) in [7, 11) is 1.58. The molecule has 1 saturated heterocycles. The summed E-state index contributed by atoms with van der Waals surface area (Å²) in [6.07, 6.45) is -3.50. The van der Waals surface area contributed by atoms with E-state index in [2.05, 4.69) is 5.32 Å². The van der Waals surface area contributed by atoms with Crippen molar-refractivity contribution in [2.45, 2.75) is 25.6 Å². The lowest BCUT2D eigenvalue weighted by Gasteiger charge is -2.36. The van der Waals surface area contributed by atoms with Gasteiger partial charge in [0, 0.05) is 31.0 Å². The fourth-order valence-corrected chi connectivity index (χ4v) is 4.07. The monoisotopic (exact) mass is 497 g/mol. The van der Waals surface area contributed by atoms with Crippen LogP contribution in [-0.4, -0.2) is 37.0 Å². The quantitative estimate of drug-likeness (QED) is 0.454. The minimum Gasteiger partial charge on any atom is -0.497 e. The van der Waals surface area contributed by atoms with Gasteiger partial charge < -0.3 is 15.0 Å². The number of methoxy groups -OCH3 is 1. The summed E-state index contributed by atoms with van der Waals surface area (Å²) >= 11 is 0. The van der Waals surface area contributed by atoms with Crippen LogP contribution in [0.3, 0.4) is 0 Å². The molecule has 0 saturated carbocycles. The molecule has 9 heteroatoms. The number of alkyl halides is 3. The number of benzene rings is 3. The van der Waals surface area contributed by atoms with Gasteiger partial charge in [0.1, 0.15) is 5.75 Å². The molecule has 3 aromatic carbocycles. The van der Waals surface area contributed by atoms with Gasteiger partial charge in [0.05, 0.1) is 19.1 Å². The van der Waals surface area contributed by atoms with Crippen molar-refractivity contribution in [1.29, 1.82) is 0 Å². The van der Waals surface area contributed by atoms with E-state index in [0.29, 0.717) is 42.2 Å². The third kappa shape index (κ3) is 6.16. The molecule has 1 N–H and O–H groups in total. The highest BCUT2D eigenvalue weighted by molar-refractivity contribution is 5.95. The van der Waals surface area contributed by atoms with Gasteiger partial charge in [-0.25, -0.2) is 4.79 Å². The molecule has 1 fully saturated rings. The molecule has 1 aliphatic heterocycles. The molecule has 1 heterocycles. The van der Waals surface area contributed by atoms with Gasteiger partial charge in [0.2, 0.25) is 5.91 Å². The van der Waals surface area contributed by atoms with Crippen molar-refractivity contribution in [2.24, 2.45) is 0 Å². The Hall–Kier alpha value is -4.01. The molecule has 188 valence electrons. The first-order chi connectivity index (χ1) is 17.2. The number of ether oxygens (including phenoxy) is 1. The number of amides is 3. The Balaban J connectivity index is 1.40. The molecule has 0 aromatic heterocycles. The normalized spacial score (nSPS) is 14.1. The van der Waals surface area contributed by atoms with Crippen LogP contribution < -0.4 is 15.0 Å². The summed E-state index contributed by atoms with van der Waals surface area (Å²) in [5.41, 5.74) is 1.95. The van der Waals surface area contributed by atoms with Crippen molar-refractivity contribution in [3.05, 3.63) is 89.5 Å². The Kier molecular flexibility index (Phi) is 7.47. The molecule has 1 aliphatic rings. The SMILES string of the molecule is COc1ccc(CC(=O)Nc2cccc(N3CCCN(Cc4ccc(C(F)(F)F)cc4)C3=O)c2)cc1. The minimum absolute atomic E-state index is 0.189. The maximum absolute atomic E-state index is 13.2. The van der Waals surface area contributed by atoms with E-state index in [0.717, 1.165) is 17.7 Å². The van der Waals surface area contributed by atoms with Gasteiger partial charge in [-0.2, -0.15) is 13.2 Å². The first-order valence-electron chi connectivity index (χ1n) is 11.5. The van der Waals surface area contributed by atoms with Crippen LogP contribution in [0.5, 0.6) is 5.75 Å². The highest BCUT2D eigenvalue weighted by Gasteiger charge is 2.31. The van der Waals surface area contributed by atoms with Crippen molar-refractivity contribution in [2.75, 3.05) is 30.4 Å². The second-order valence-corrected chi connectivity index (χ2v) is 8.53. The molecule has 3 amide bonds. The zero-order chi connectivity index (χ0) is 25.7. The van der Waals surface area contributed by atoms with E-state index in [1.54, 1.807) is 53.3 Å². The second kappa shape index (κ2) is 10.7. The summed E-state index contributed by atoms with van der Waals surface area (Å²) in [4.78, 5) is 28.9. The van der Waals surface area contributed by atoms with Gasteiger partial charge in [0.25, 0.3) is 0 Å². The van der Waals surface area contributed by atoms with Crippen molar-refractivity contribution < 1.29 is 27.5 Å². The summed E-state index contributed by atoms with van der Waals surface area (Å²) in [6, 6.07) is 18.9. The Morgan fingerprint density at radius 1 is 0.972 bits per heavy atom. The van der Waals surface area contributed by atoms with E-state index in [1.807, 2.05) is 12.1 Å². The van der Waals surface area contributed by atoms with Crippen molar-refractivity contribution in [1.82, 2.24) is 4.90 Å². The number of halogens is 3. The first kappa shape index (κ1) is 25.1. The molecule has 6 nitrogen and oxygen atoms in total. The molecular formula is C27H26F3N3O3. The van der Waals surface area contributed by atoms with Crippen LogP contribution in [-0.2, 0) is 23.9 Å². The third-order valence-corrected chi connectivity index (χ3v) is 5.93. The van der Waals surface area contributed by atoms with Crippen LogP contribution in [0.15, 0.2) is 72.8 Å². The summed E-state index contributed by atoms with van der Waals surface area (Å²) in [5, 5.41) is 2.87. The number of carbonyl (C=O) groups excluding carboxylic acids is 2. The van der Waals surface area contributed by atoms with Crippen LogP contribution in [0.2, 0.25) is 0 Å². The molecule has 0 bridgehead atoms. The number of nitrogens with zero attached hydrogens (tertiary/aromatic N) is 2. The van der Waals surface area contributed by atoms with E-state index < -0.39 is 11.7 Å². The smallest absolute Gasteiger partial charge is 0.416 e. The summed E-state index contributed by atoms with van der Waals surface area (Å²) in [6.45, 7) is 1.23. The number of hydrogen-bond acceptors (Lipinski definition) is 3. The Morgan fingerprint density at radius 2 is 1.67 bits per heavy atom. The van der Waals surface area contributed by atoms with Crippen molar-refractivity contribution in [3.63, 3.8) is 0 Å². The maximum Gasteiger partial charge on any atom is 0.416 e. The average molecular weight is 498 g/mol. The zero-order valence-corrected chi connectivity index (χ0v) is 19.7. The lowest BCUT2D eigenvalue weighted by atomic mass is 10.1. The van der Waals surface area contributed by atoms with Gasteiger partial charge >= 0.3 is 12.2 Å². The predicted octanol–water partition coefficient (Wildman–Crippen LogP) is 5.73. The zero-order valence-electron chi connectivity index (χ0n) is 19.7. The Bertz CT molecular complexity index is 1210. The van der Waals surface area contributed by atoms with E-state index in [9.17, 15) is 22.8 Å². The number of hydrogen-bond donors (Lipinski definition) is 1. The van der Waals surface area contributed by atoms with Crippen molar-refractivity contribution in [3.8, 4) is 5.75 Å². The number of rotatable bonds is 7. The van der Waals surface area contributed by atoms with E-state index >= 15 is 0 Å². The minimum atomic E-state index is -4.40. The maximum atomic E-state index is 13.2. The van der Waals surface area contributed by atoms with Gasteiger partial charge in [-0.1, -0.05) is 30.3 Å². The van der Waals surface area contributed by atoms with Crippen LogP contribution >= 0.6 is 0 Å². The molecule has 0 spiro atoms. The number of carbonyl (C=O) groups is 2. The number of anilines is 2. The molecular weight excluding hydrogens is 471 g/mol. The van der Waals surface area contributed by atoms with Gasteiger partial charge in [0.15, 0.2) is 0 Å². The van der Waals surface area contributed by atoms with Crippen LogP contribution in [0.25, 0.3) is 0 Å². The average Bonchev–Trinajstić information content (AvgIpc) is 2.86. The molecule has 0 unspecified atom stereocenters. The second-order valence-electron chi connectivity index (χ2n) is 8.53. The molecule has 4 rings (SSSR count). The third-order valence-electron chi connectivity index (χ3n) is 5.93. The van der Waals surface area contributed by atoms with E-state index in [4.69, 9.17) is 4.74 Å². The van der Waals surface area contributed by atoms with Gasteiger partial charge in [-0.05, 0) is 60.0 Å². The summed E-state index contributed by atoms with van der Waals surface area (Å²) in [5.74, 6) is 0.525. The topological polar surface area (TPSA) is 61.9 Å². The van der Waals surface area contributed by atoms with Crippen LogP contribution in [0.4, 0.5) is 29.3 Å². The first-order valence-corrected chi connectivity index (χ1v) is 11.5. The Labute approximate surface area is 207 Å². The van der Waals surface area contributed by atoms with Crippen LogP contribution in [0.1, 0.15) is 23.1 Å². The number of nitrogens with one attached hydrogen (secondary N) is 1. The van der Waals surface area contributed by atoms with Gasteiger partial charge in [-0.15, -0.1) is 0 Å². The van der Waals surface area contributed by atoms with Gasteiger partial charge in [-0.3, -0.25) is 9.69 Å². The Morgan fingerprint density at radius 3 is 2.33 bits per heavy atom. The largest absolute Gasteiger partial charge is 0.497 e. The lowest BCUT2D eigenvalue weighted by molar-refractivity contribution is -0.137. The summed E-state index contributed by atoms with van der Waals surface area (Å²) < 4.78 is 43.6. The van der Waals surface area contributed by atoms with E-state index in [-0.39, 0.29) is 24.9 Å². The fourth-order valence-electron chi connectivity index (χ4n) is 4.07. The highest BCUT2D eigenvalue weighted by Crippen LogP contribution is 2.30. The molecule has 0 radical (unpaired) electrons. The van der Waals surface area contributed by atoms with Crippen molar-refractivity contribution >= 4 is 23.3 Å². The predicted molar refractivity (Wildman–Crippen MR) is 131 cm³/mol. The molecule has 0 aliphatic carbocycles. The molecule has 36 heavy (non-hydrogen) atoms. The fraction of sp³-hybridized carbons (Fsp3) is 0.259. The number of urea groups is 1. The lowest BCUT2D eigenvalue weighted by Crippen LogP contribution is -2.49.